The van der Waals surface area contributed by atoms with Gasteiger partial charge >= 0.3 is 0 Å². The summed E-state index contributed by atoms with van der Waals surface area (Å²) in [7, 11) is 1.85. The molecule has 2 amide bonds. The fourth-order valence-electron chi connectivity index (χ4n) is 2.22. The summed E-state index contributed by atoms with van der Waals surface area (Å²) in [6, 6.07) is 0.359. The van der Waals surface area contributed by atoms with Crippen molar-refractivity contribution in [3.63, 3.8) is 0 Å². The molecular formula is C14H26N2O2. The van der Waals surface area contributed by atoms with Crippen molar-refractivity contribution in [2.75, 3.05) is 13.6 Å². The summed E-state index contributed by atoms with van der Waals surface area (Å²) in [5.41, 5.74) is -0.441. The molecule has 1 fully saturated rings. The molecule has 1 aliphatic carbocycles. The summed E-state index contributed by atoms with van der Waals surface area (Å²) in [5.74, 6) is -0.0626. The summed E-state index contributed by atoms with van der Waals surface area (Å²) in [6.07, 6.45) is 5.87. The van der Waals surface area contributed by atoms with Crippen LogP contribution in [0.3, 0.4) is 0 Å². The maximum Gasteiger partial charge on any atom is 0.241 e. The second-order valence-corrected chi connectivity index (χ2v) is 6.23. The third kappa shape index (κ3) is 4.31. The predicted octanol–water partition coefficient (Wildman–Crippen LogP) is 1.94. The van der Waals surface area contributed by atoms with E-state index in [0.29, 0.717) is 6.04 Å². The number of nitrogens with one attached hydrogen (secondary N) is 1. The van der Waals surface area contributed by atoms with Crippen molar-refractivity contribution >= 4 is 11.8 Å². The van der Waals surface area contributed by atoms with Crippen LogP contribution in [0, 0.1) is 5.41 Å². The smallest absolute Gasteiger partial charge is 0.241 e. The van der Waals surface area contributed by atoms with Gasteiger partial charge in [0.25, 0.3) is 0 Å². The van der Waals surface area contributed by atoms with Crippen molar-refractivity contribution in [2.24, 2.45) is 5.41 Å². The van der Waals surface area contributed by atoms with Gasteiger partial charge in [-0.05, 0) is 12.8 Å². The highest BCUT2D eigenvalue weighted by Crippen LogP contribution is 2.21. The van der Waals surface area contributed by atoms with Crippen LogP contribution in [-0.2, 0) is 9.59 Å². The molecule has 0 unspecified atom stereocenters. The first kappa shape index (κ1) is 15.0. The predicted molar refractivity (Wildman–Crippen MR) is 72.1 cm³/mol. The van der Waals surface area contributed by atoms with Crippen molar-refractivity contribution in [2.45, 2.75) is 58.9 Å². The molecule has 0 aromatic heterocycles. The average molecular weight is 254 g/mol. The molecule has 18 heavy (non-hydrogen) atoms. The number of nitrogens with zero attached hydrogens (tertiary/aromatic N) is 1. The van der Waals surface area contributed by atoms with Gasteiger partial charge in [-0.25, -0.2) is 0 Å². The van der Waals surface area contributed by atoms with E-state index in [2.05, 4.69) is 5.32 Å². The van der Waals surface area contributed by atoms with Crippen LogP contribution in [0.4, 0.5) is 0 Å². The number of rotatable bonds is 3. The highest BCUT2D eigenvalue weighted by Gasteiger charge is 2.24. The van der Waals surface area contributed by atoms with Gasteiger partial charge < -0.3 is 10.2 Å². The molecule has 1 rings (SSSR count). The molecule has 0 saturated heterocycles. The second kappa shape index (κ2) is 6.21. The van der Waals surface area contributed by atoms with Crippen molar-refractivity contribution in [1.29, 1.82) is 0 Å². The molecule has 1 aliphatic rings. The highest BCUT2D eigenvalue weighted by molar-refractivity contribution is 5.87. The Morgan fingerprint density at radius 2 is 1.72 bits per heavy atom. The number of amides is 2. The minimum Gasteiger partial charge on any atom is -0.347 e. The van der Waals surface area contributed by atoms with E-state index < -0.39 is 5.41 Å². The van der Waals surface area contributed by atoms with Gasteiger partial charge in [0.15, 0.2) is 0 Å². The minimum atomic E-state index is -0.441. The van der Waals surface area contributed by atoms with E-state index in [0.717, 1.165) is 12.8 Å². The van der Waals surface area contributed by atoms with Crippen molar-refractivity contribution in [3.05, 3.63) is 0 Å². The zero-order valence-electron chi connectivity index (χ0n) is 12.1. The Balaban J connectivity index is 2.38. The fraction of sp³-hybridized carbons (Fsp3) is 0.857. The molecule has 1 saturated carbocycles. The van der Waals surface area contributed by atoms with Crippen LogP contribution in [0.15, 0.2) is 0 Å². The lowest BCUT2D eigenvalue weighted by atomic mass is 9.94. The highest BCUT2D eigenvalue weighted by atomic mass is 16.2. The zero-order chi connectivity index (χ0) is 13.8. The van der Waals surface area contributed by atoms with Gasteiger partial charge in [0.1, 0.15) is 0 Å². The van der Waals surface area contributed by atoms with Crippen LogP contribution in [0.25, 0.3) is 0 Å². The Hall–Kier alpha value is -1.06. The summed E-state index contributed by atoms with van der Waals surface area (Å²) >= 11 is 0. The van der Waals surface area contributed by atoms with Gasteiger partial charge in [-0.1, -0.05) is 40.0 Å². The molecule has 4 nitrogen and oxygen atoms in total. The Morgan fingerprint density at radius 1 is 1.17 bits per heavy atom. The van der Waals surface area contributed by atoms with E-state index in [-0.39, 0.29) is 18.4 Å². The van der Waals surface area contributed by atoms with Crippen LogP contribution in [-0.4, -0.2) is 36.3 Å². The first-order chi connectivity index (χ1) is 8.32. The van der Waals surface area contributed by atoms with Gasteiger partial charge in [0.2, 0.25) is 11.8 Å². The number of hydrogen-bond acceptors (Lipinski definition) is 2. The third-order valence-corrected chi connectivity index (χ3v) is 3.60. The quantitative estimate of drug-likeness (QED) is 0.836. The van der Waals surface area contributed by atoms with Crippen molar-refractivity contribution in [1.82, 2.24) is 10.2 Å². The number of carbonyl (C=O) groups excluding carboxylic acids is 2. The van der Waals surface area contributed by atoms with Gasteiger partial charge in [-0.15, -0.1) is 0 Å². The second-order valence-electron chi connectivity index (χ2n) is 6.23. The molecule has 0 radical (unpaired) electrons. The number of hydrogen-bond donors (Lipinski definition) is 1. The van der Waals surface area contributed by atoms with Crippen molar-refractivity contribution < 1.29 is 9.59 Å². The summed E-state index contributed by atoms with van der Waals surface area (Å²) < 4.78 is 0. The summed E-state index contributed by atoms with van der Waals surface area (Å²) in [6.45, 7) is 5.65. The molecule has 0 aliphatic heterocycles. The van der Waals surface area contributed by atoms with Gasteiger partial charge in [0.05, 0.1) is 6.54 Å². The lowest BCUT2D eigenvalue weighted by Gasteiger charge is -2.31. The van der Waals surface area contributed by atoms with Crippen LogP contribution < -0.4 is 5.32 Å². The molecule has 0 spiro atoms. The van der Waals surface area contributed by atoms with E-state index in [1.807, 2.05) is 32.7 Å². The summed E-state index contributed by atoms with van der Waals surface area (Å²) in [5, 5.41) is 2.71. The molecule has 0 aromatic rings. The fourth-order valence-corrected chi connectivity index (χ4v) is 2.22. The summed E-state index contributed by atoms with van der Waals surface area (Å²) in [4.78, 5) is 25.5. The largest absolute Gasteiger partial charge is 0.347 e. The molecule has 0 bridgehead atoms. The lowest BCUT2D eigenvalue weighted by Crippen LogP contribution is -2.46. The Morgan fingerprint density at radius 3 is 2.22 bits per heavy atom. The Kier molecular flexibility index (Phi) is 5.17. The van der Waals surface area contributed by atoms with Crippen LogP contribution in [0.5, 0.6) is 0 Å². The average Bonchev–Trinajstić information content (AvgIpc) is 2.34. The van der Waals surface area contributed by atoms with E-state index in [1.54, 1.807) is 0 Å². The van der Waals surface area contributed by atoms with E-state index >= 15 is 0 Å². The van der Waals surface area contributed by atoms with E-state index in [1.165, 1.54) is 19.3 Å². The monoisotopic (exact) mass is 254 g/mol. The van der Waals surface area contributed by atoms with E-state index in [4.69, 9.17) is 0 Å². The van der Waals surface area contributed by atoms with E-state index in [9.17, 15) is 9.59 Å². The SMILES string of the molecule is CN(C(=O)CNC(=O)C(C)(C)C)C1CCCCC1. The third-order valence-electron chi connectivity index (χ3n) is 3.60. The number of likely N-dealkylation sites (N-methyl/N-ethyl adjacent to an activating group) is 1. The molecule has 1 N–H and O–H groups in total. The first-order valence-electron chi connectivity index (χ1n) is 6.86. The topological polar surface area (TPSA) is 49.4 Å². The molecule has 4 heteroatoms. The molecule has 104 valence electrons. The van der Waals surface area contributed by atoms with Gasteiger partial charge in [-0.3, -0.25) is 9.59 Å². The Bertz CT molecular complexity index is 301. The van der Waals surface area contributed by atoms with Crippen LogP contribution in [0.2, 0.25) is 0 Å². The molecular weight excluding hydrogens is 228 g/mol. The zero-order valence-corrected chi connectivity index (χ0v) is 12.1. The maximum absolute atomic E-state index is 12.0. The van der Waals surface area contributed by atoms with Gasteiger partial charge in [-0.2, -0.15) is 0 Å². The van der Waals surface area contributed by atoms with Crippen LogP contribution >= 0.6 is 0 Å². The first-order valence-corrected chi connectivity index (χ1v) is 6.86. The molecule has 0 atom stereocenters. The van der Waals surface area contributed by atoms with Crippen LogP contribution in [0.1, 0.15) is 52.9 Å². The van der Waals surface area contributed by atoms with Crippen molar-refractivity contribution in [3.8, 4) is 0 Å². The molecule has 0 aromatic carbocycles. The lowest BCUT2D eigenvalue weighted by molar-refractivity contribution is -0.136. The minimum absolute atomic E-state index is 0.0134. The maximum atomic E-state index is 12.0. The normalized spacial score (nSPS) is 17.3. The Labute approximate surface area is 110 Å². The number of carbonyl (C=O) groups is 2. The standard InChI is InChI=1S/C14H26N2O2/c1-14(2,3)13(18)15-10-12(17)16(4)11-8-6-5-7-9-11/h11H,5-10H2,1-4H3,(H,15,18). The molecule has 0 heterocycles. The van der Waals surface area contributed by atoms with Gasteiger partial charge in [0, 0.05) is 18.5 Å².